The molecule has 1 aromatic carbocycles. The molecule has 0 spiro atoms. The van der Waals surface area contributed by atoms with Crippen molar-refractivity contribution in [3.05, 3.63) is 52.1 Å². The van der Waals surface area contributed by atoms with Crippen molar-refractivity contribution in [3.8, 4) is 11.6 Å². The Labute approximate surface area is 141 Å². The molecule has 0 saturated heterocycles. The molecule has 1 aliphatic rings. The van der Waals surface area contributed by atoms with Crippen LogP contribution in [0.5, 0.6) is 5.88 Å². The molecular weight excluding hydrogens is 339 g/mol. The zero-order chi connectivity index (χ0) is 15.8. The van der Waals surface area contributed by atoms with Crippen LogP contribution in [-0.4, -0.2) is 31.8 Å². The van der Waals surface area contributed by atoms with Gasteiger partial charge in [-0.05, 0) is 34.7 Å². The number of ether oxygens (including phenoxy) is 1. The Morgan fingerprint density at radius 1 is 1.22 bits per heavy atom. The molecular formula is C14H10Cl2N6O. The quantitative estimate of drug-likeness (QED) is 0.783. The number of aromatic nitrogens is 5. The number of pyridine rings is 1. The van der Waals surface area contributed by atoms with Gasteiger partial charge in [-0.1, -0.05) is 34.4 Å². The second kappa shape index (κ2) is 5.68. The van der Waals surface area contributed by atoms with Gasteiger partial charge < -0.3 is 10.1 Å². The van der Waals surface area contributed by atoms with Gasteiger partial charge in [-0.3, -0.25) is 0 Å². The van der Waals surface area contributed by atoms with E-state index in [1.54, 1.807) is 24.4 Å². The van der Waals surface area contributed by atoms with Crippen LogP contribution in [0.2, 0.25) is 10.0 Å². The van der Waals surface area contributed by atoms with Crippen LogP contribution in [0.1, 0.15) is 11.6 Å². The van der Waals surface area contributed by atoms with Crippen molar-refractivity contribution in [1.82, 2.24) is 25.2 Å². The maximum Gasteiger partial charge on any atom is 0.248 e. The lowest BCUT2D eigenvalue weighted by Gasteiger charge is -2.13. The molecule has 7 nitrogen and oxygen atoms in total. The topological polar surface area (TPSA) is 77.8 Å². The Hall–Kier alpha value is -2.38. The number of hydrogen-bond donors (Lipinski definition) is 1. The number of tetrazole rings is 1. The summed E-state index contributed by atoms with van der Waals surface area (Å²) in [7, 11) is 0. The van der Waals surface area contributed by atoms with Gasteiger partial charge in [0.25, 0.3) is 0 Å². The van der Waals surface area contributed by atoms with Crippen molar-refractivity contribution < 1.29 is 4.74 Å². The third-order valence-corrected chi connectivity index (χ3v) is 4.30. The summed E-state index contributed by atoms with van der Waals surface area (Å²) in [5.74, 6) is 1.06. The fraction of sp³-hybridized carbons (Fsp3) is 0.143. The Bertz CT molecular complexity index is 868. The molecule has 3 heterocycles. The second-order valence-corrected chi connectivity index (χ2v) is 5.68. The van der Waals surface area contributed by atoms with Gasteiger partial charge in [0, 0.05) is 11.8 Å². The van der Waals surface area contributed by atoms with Crippen molar-refractivity contribution in [3.63, 3.8) is 0 Å². The fourth-order valence-electron chi connectivity index (χ4n) is 2.41. The summed E-state index contributed by atoms with van der Waals surface area (Å²) in [4.78, 5) is 4.19. The van der Waals surface area contributed by atoms with E-state index in [-0.39, 0.29) is 6.04 Å². The summed E-state index contributed by atoms with van der Waals surface area (Å²) in [5.41, 5.74) is 1.55. The second-order valence-electron chi connectivity index (χ2n) is 4.89. The molecule has 0 bridgehead atoms. The average molecular weight is 349 g/mol. The Balaban J connectivity index is 1.68. The minimum atomic E-state index is -0.0959. The Kier molecular flexibility index (Phi) is 3.51. The highest BCUT2D eigenvalue weighted by atomic mass is 35.5. The first-order chi connectivity index (χ1) is 11.2. The van der Waals surface area contributed by atoms with Gasteiger partial charge >= 0.3 is 0 Å². The summed E-state index contributed by atoms with van der Waals surface area (Å²) >= 11 is 12.3. The van der Waals surface area contributed by atoms with Crippen LogP contribution in [0.25, 0.3) is 5.69 Å². The lowest BCUT2D eigenvalue weighted by atomic mass is 10.1. The number of rotatable bonds is 3. The summed E-state index contributed by atoms with van der Waals surface area (Å²) in [6.45, 7) is 0.447. The maximum atomic E-state index is 6.24. The molecule has 1 aliphatic heterocycles. The zero-order valence-electron chi connectivity index (χ0n) is 11.6. The molecule has 3 aromatic rings. The molecule has 4 rings (SSSR count). The number of benzene rings is 1. The Morgan fingerprint density at radius 2 is 2.13 bits per heavy atom. The first-order valence-corrected chi connectivity index (χ1v) is 7.56. The van der Waals surface area contributed by atoms with Gasteiger partial charge in [-0.15, -0.1) is 0 Å². The SMILES string of the molecule is Clc1cccc(-n2nnnc2NC2COc3ncccc32)c1Cl. The van der Waals surface area contributed by atoms with Crippen molar-refractivity contribution in [2.45, 2.75) is 6.04 Å². The molecule has 0 amide bonds. The van der Waals surface area contributed by atoms with E-state index in [0.29, 0.717) is 34.2 Å². The monoisotopic (exact) mass is 348 g/mol. The highest BCUT2D eigenvalue weighted by Gasteiger charge is 2.27. The lowest BCUT2D eigenvalue weighted by molar-refractivity contribution is 0.328. The molecule has 0 radical (unpaired) electrons. The molecule has 116 valence electrons. The summed E-state index contributed by atoms with van der Waals surface area (Å²) in [5, 5.41) is 15.8. The highest BCUT2D eigenvalue weighted by molar-refractivity contribution is 6.43. The number of anilines is 1. The lowest BCUT2D eigenvalue weighted by Crippen LogP contribution is -2.15. The fourth-order valence-corrected chi connectivity index (χ4v) is 2.79. The van der Waals surface area contributed by atoms with E-state index < -0.39 is 0 Å². The predicted molar refractivity (Wildman–Crippen MR) is 85.3 cm³/mol. The molecule has 0 saturated carbocycles. The molecule has 1 N–H and O–H groups in total. The highest BCUT2D eigenvalue weighted by Crippen LogP contribution is 2.33. The van der Waals surface area contributed by atoms with E-state index in [9.17, 15) is 0 Å². The third kappa shape index (κ3) is 2.47. The van der Waals surface area contributed by atoms with Crippen molar-refractivity contribution in [1.29, 1.82) is 0 Å². The van der Waals surface area contributed by atoms with Crippen LogP contribution < -0.4 is 10.1 Å². The minimum absolute atomic E-state index is 0.0959. The first kappa shape index (κ1) is 14.2. The van der Waals surface area contributed by atoms with E-state index in [0.717, 1.165) is 5.56 Å². The number of nitrogens with one attached hydrogen (secondary N) is 1. The van der Waals surface area contributed by atoms with Crippen LogP contribution in [0.3, 0.4) is 0 Å². The van der Waals surface area contributed by atoms with Crippen molar-refractivity contribution in [2.75, 3.05) is 11.9 Å². The summed E-state index contributed by atoms with van der Waals surface area (Å²) in [6, 6.07) is 8.99. The van der Waals surface area contributed by atoms with E-state index in [4.69, 9.17) is 27.9 Å². The van der Waals surface area contributed by atoms with Gasteiger partial charge in [-0.25, -0.2) is 4.98 Å². The normalized spacial score (nSPS) is 16.0. The van der Waals surface area contributed by atoms with Crippen LogP contribution >= 0.6 is 23.2 Å². The Morgan fingerprint density at radius 3 is 3.04 bits per heavy atom. The molecule has 2 aromatic heterocycles. The number of nitrogens with zero attached hydrogens (tertiary/aromatic N) is 5. The standard InChI is InChI=1S/C14H10Cl2N6O/c15-9-4-1-5-11(12(9)16)22-14(19-20-21-22)18-10-7-23-13-8(10)3-2-6-17-13/h1-6,10H,7H2,(H,18,19,21). The summed E-state index contributed by atoms with van der Waals surface area (Å²) in [6.07, 6.45) is 1.69. The summed E-state index contributed by atoms with van der Waals surface area (Å²) < 4.78 is 7.05. The molecule has 0 aliphatic carbocycles. The molecule has 1 atom stereocenters. The minimum Gasteiger partial charge on any atom is -0.475 e. The predicted octanol–water partition coefficient (Wildman–Crippen LogP) is 2.91. The van der Waals surface area contributed by atoms with E-state index in [1.807, 2.05) is 12.1 Å². The molecule has 23 heavy (non-hydrogen) atoms. The molecule has 0 fully saturated rings. The van der Waals surface area contributed by atoms with Crippen LogP contribution in [-0.2, 0) is 0 Å². The number of hydrogen-bond acceptors (Lipinski definition) is 6. The van der Waals surface area contributed by atoms with E-state index in [2.05, 4.69) is 25.8 Å². The number of halogens is 2. The molecule has 9 heteroatoms. The van der Waals surface area contributed by atoms with Gasteiger partial charge in [0.05, 0.1) is 21.8 Å². The van der Waals surface area contributed by atoms with E-state index in [1.165, 1.54) is 4.68 Å². The van der Waals surface area contributed by atoms with Crippen LogP contribution in [0.4, 0.5) is 5.95 Å². The van der Waals surface area contributed by atoms with Crippen molar-refractivity contribution in [2.24, 2.45) is 0 Å². The van der Waals surface area contributed by atoms with Gasteiger partial charge in [0.15, 0.2) is 0 Å². The first-order valence-electron chi connectivity index (χ1n) is 6.81. The smallest absolute Gasteiger partial charge is 0.248 e. The average Bonchev–Trinajstić information content (AvgIpc) is 3.18. The number of fused-ring (bicyclic) bond motifs is 1. The van der Waals surface area contributed by atoms with Crippen molar-refractivity contribution >= 4 is 29.2 Å². The van der Waals surface area contributed by atoms with Gasteiger partial charge in [0.1, 0.15) is 6.61 Å². The maximum absolute atomic E-state index is 6.24. The van der Waals surface area contributed by atoms with Gasteiger partial charge in [0.2, 0.25) is 11.8 Å². The third-order valence-electron chi connectivity index (χ3n) is 3.49. The zero-order valence-corrected chi connectivity index (χ0v) is 13.2. The van der Waals surface area contributed by atoms with Crippen LogP contribution in [0.15, 0.2) is 36.5 Å². The van der Waals surface area contributed by atoms with Gasteiger partial charge in [-0.2, -0.15) is 4.68 Å². The van der Waals surface area contributed by atoms with E-state index >= 15 is 0 Å². The van der Waals surface area contributed by atoms with Crippen LogP contribution in [0, 0.1) is 0 Å². The largest absolute Gasteiger partial charge is 0.475 e. The molecule has 1 unspecified atom stereocenters.